The van der Waals surface area contributed by atoms with Gasteiger partial charge in [-0.25, -0.2) is 0 Å². The highest BCUT2D eigenvalue weighted by atomic mass is 16.7. The van der Waals surface area contributed by atoms with Crippen molar-refractivity contribution in [1.82, 2.24) is 0 Å². The van der Waals surface area contributed by atoms with E-state index >= 15 is 0 Å². The van der Waals surface area contributed by atoms with E-state index in [4.69, 9.17) is 9.47 Å². The van der Waals surface area contributed by atoms with Crippen LogP contribution < -0.4 is 0 Å². The third kappa shape index (κ3) is 1.48. The van der Waals surface area contributed by atoms with Crippen molar-refractivity contribution in [2.75, 3.05) is 13.2 Å². The zero-order chi connectivity index (χ0) is 11.1. The summed E-state index contributed by atoms with van der Waals surface area (Å²) in [4.78, 5) is 0. The van der Waals surface area contributed by atoms with E-state index in [2.05, 4.69) is 6.07 Å². The molecule has 2 aliphatic carbocycles. The SMILES string of the molecule is N#C[C@]12CCCC[C@@H]1CCC1(C2)OCCO1. The average molecular weight is 221 g/mol. The van der Waals surface area contributed by atoms with Gasteiger partial charge in [0.1, 0.15) is 0 Å². The molecular weight excluding hydrogens is 202 g/mol. The van der Waals surface area contributed by atoms with Gasteiger partial charge < -0.3 is 9.47 Å². The summed E-state index contributed by atoms with van der Waals surface area (Å²) < 4.78 is 11.6. The van der Waals surface area contributed by atoms with Gasteiger partial charge >= 0.3 is 0 Å². The second-order valence-electron chi connectivity index (χ2n) is 5.53. The van der Waals surface area contributed by atoms with Gasteiger partial charge in [0.25, 0.3) is 0 Å². The van der Waals surface area contributed by atoms with Crippen LogP contribution in [0.2, 0.25) is 0 Å². The summed E-state index contributed by atoms with van der Waals surface area (Å²) in [6, 6.07) is 2.61. The molecule has 0 N–H and O–H groups in total. The molecule has 3 nitrogen and oxygen atoms in total. The quantitative estimate of drug-likeness (QED) is 0.631. The second kappa shape index (κ2) is 3.72. The number of nitrogens with zero attached hydrogens (tertiary/aromatic N) is 1. The van der Waals surface area contributed by atoms with E-state index in [1.807, 2.05) is 0 Å². The third-order valence-electron chi connectivity index (χ3n) is 4.70. The lowest BCUT2D eigenvalue weighted by atomic mass is 9.59. The van der Waals surface area contributed by atoms with Crippen molar-refractivity contribution in [2.24, 2.45) is 11.3 Å². The fraction of sp³-hybridized carbons (Fsp3) is 0.923. The zero-order valence-corrected chi connectivity index (χ0v) is 9.71. The number of fused-ring (bicyclic) bond motifs is 1. The summed E-state index contributed by atoms with van der Waals surface area (Å²) >= 11 is 0. The molecule has 3 rings (SSSR count). The molecule has 1 spiro atoms. The average Bonchev–Trinajstić information content (AvgIpc) is 2.77. The van der Waals surface area contributed by atoms with Crippen molar-refractivity contribution in [1.29, 1.82) is 5.26 Å². The van der Waals surface area contributed by atoms with E-state index in [9.17, 15) is 5.26 Å². The minimum atomic E-state index is -0.399. The molecule has 2 saturated carbocycles. The van der Waals surface area contributed by atoms with Crippen LogP contribution in [0, 0.1) is 22.7 Å². The molecule has 0 aromatic carbocycles. The first-order chi connectivity index (χ1) is 7.79. The fourth-order valence-electron chi connectivity index (χ4n) is 3.86. The van der Waals surface area contributed by atoms with Gasteiger partial charge in [0.05, 0.1) is 24.7 Å². The van der Waals surface area contributed by atoms with Crippen LogP contribution in [0.4, 0.5) is 0 Å². The molecule has 1 heterocycles. The van der Waals surface area contributed by atoms with E-state index in [-0.39, 0.29) is 5.41 Å². The van der Waals surface area contributed by atoms with Crippen molar-refractivity contribution >= 4 is 0 Å². The van der Waals surface area contributed by atoms with Crippen LogP contribution in [0.1, 0.15) is 44.9 Å². The Morgan fingerprint density at radius 3 is 2.62 bits per heavy atom. The van der Waals surface area contributed by atoms with Gasteiger partial charge in [-0.1, -0.05) is 12.8 Å². The van der Waals surface area contributed by atoms with Crippen LogP contribution in [-0.4, -0.2) is 19.0 Å². The topological polar surface area (TPSA) is 42.2 Å². The molecule has 16 heavy (non-hydrogen) atoms. The van der Waals surface area contributed by atoms with Gasteiger partial charge in [0.15, 0.2) is 5.79 Å². The highest BCUT2D eigenvalue weighted by molar-refractivity contribution is 5.10. The summed E-state index contributed by atoms with van der Waals surface area (Å²) in [5, 5.41) is 9.56. The minimum absolute atomic E-state index is 0.152. The molecule has 0 unspecified atom stereocenters. The molecule has 0 bridgehead atoms. The number of nitriles is 1. The molecule has 0 radical (unpaired) electrons. The summed E-state index contributed by atoms with van der Waals surface area (Å²) in [5.41, 5.74) is -0.152. The van der Waals surface area contributed by atoms with Gasteiger partial charge in [-0.2, -0.15) is 5.26 Å². The molecule has 88 valence electrons. The zero-order valence-electron chi connectivity index (χ0n) is 9.71. The molecule has 3 fully saturated rings. The first kappa shape index (κ1) is 10.6. The number of hydrogen-bond donors (Lipinski definition) is 0. The normalized spacial score (nSPS) is 41.6. The second-order valence-corrected chi connectivity index (χ2v) is 5.53. The van der Waals surface area contributed by atoms with Crippen LogP contribution in [0.3, 0.4) is 0 Å². The Labute approximate surface area is 96.7 Å². The Morgan fingerprint density at radius 2 is 1.88 bits per heavy atom. The van der Waals surface area contributed by atoms with Gasteiger partial charge in [-0.05, 0) is 25.2 Å². The summed E-state index contributed by atoms with van der Waals surface area (Å²) in [5.74, 6) is 0.188. The predicted octanol–water partition coefficient (Wildman–Crippen LogP) is 2.61. The largest absolute Gasteiger partial charge is 0.347 e. The highest BCUT2D eigenvalue weighted by Crippen LogP contribution is 2.54. The first-order valence-electron chi connectivity index (χ1n) is 6.48. The van der Waals surface area contributed by atoms with Crippen LogP contribution in [0.5, 0.6) is 0 Å². The molecule has 0 amide bonds. The Balaban J connectivity index is 1.85. The van der Waals surface area contributed by atoms with Gasteiger partial charge in [-0.3, -0.25) is 0 Å². The third-order valence-corrected chi connectivity index (χ3v) is 4.70. The smallest absolute Gasteiger partial charge is 0.170 e. The Morgan fingerprint density at radius 1 is 1.06 bits per heavy atom. The van der Waals surface area contributed by atoms with Crippen molar-refractivity contribution in [3.05, 3.63) is 0 Å². The van der Waals surface area contributed by atoms with Crippen molar-refractivity contribution in [3.63, 3.8) is 0 Å². The lowest BCUT2D eigenvalue weighted by molar-refractivity contribution is -0.209. The maximum Gasteiger partial charge on any atom is 0.170 e. The van der Waals surface area contributed by atoms with Gasteiger partial charge in [0.2, 0.25) is 0 Å². The van der Waals surface area contributed by atoms with E-state index in [1.165, 1.54) is 19.3 Å². The Bertz CT molecular complexity index is 316. The molecule has 3 heteroatoms. The minimum Gasteiger partial charge on any atom is -0.347 e. The predicted molar refractivity (Wildman–Crippen MR) is 58.5 cm³/mol. The van der Waals surface area contributed by atoms with Crippen molar-refractivity contribution in [3.8, 4) is 6.07 Å². The molecule has 1 saturated heterocycles. The van der Waals surface area contributed by atoms with Crippen LogP contribution in [-0.2, 0) is 9.47 Å². The van der Waals surface area contributed by atoms with Crippen LogP contribution >= 0.6 is 0 Å². The van der Waals surface area contributed by atoms with E-state index in [0.717, 1.165) is 25.7 Å². The van der Waals surface area contributed by atoms with E-state index < -0.39 is 5.79 Å². The summed E-state index contributed by atoms with van der Waals surface area (Å²) in [7, 11) is 0. The molecule has 0 aromatic rings. The maximum absolute atomic E-state index is 9.56. The lowest BCUT2D eigenvalue weighted by Crippen LogP contribution is -2.47. The molecule has 3 aliphatic rings. The van der Waals surface area contributed by atoms with Crippen molar-refractivity contribution < 1.29 is 9.47 Å². The fourth-order valence-corrected chi connectivity index (χ4v) is 3.86. The maximum atomic E-state index is 9.56. The van der Waals surface area contributed by atoms with E-state index in [1.54, 1.807) is 0 Å². The Hall–Kier alpha value is -0.590. The van der Waals surface area contributed by atoms with Crippen LogP contribution in [0.25, 0.3) is 0 Å². The van der Waals surface area contributed by atoms with E-state index in [0.29, 0.717) is 19.1 Å². The number of hydrogen-bond acceptors (Lipinski definition) is 3. The number of rotatable bonds is 0. The standard InChI is InChI=1S/C13H19NO2/c14-10-12-5-2-1-3-11(12)4-6-13(9-12)15-7-8-16-13/h11H,1-9H2/t11-,12-/m1/s1. The number of ether oxygens (including phenoxy) is 2. The van der Waals surface area contributed by atoms with Crippen LogP contribution in [0.15, 0.2) is 0 Å². The first-order valence-corrected chi connectivity index (χ1v) is 6.48. The lowest BCUT2D eigenvalue weighted by Gasteiger charge is -2.48. The molecular formula is C13H19NO2. The molecule has 1 aliphatic heterocycles. The van der Waals surface area contributed by atoms with Gasteiger partial charge in [-0.15, -0.1) is 0 Å². The van der Waals surface area contributed by atoms with Gasteiger partial charge in [0, 0.05) is 12.8 Å². The summed E-state index contributed by atoms with van der Waals surface area (Å²) in [6.07, 6.45) is 7.66. The summed E-state index contributed by atoms with van der Waals surface area (Å²) in [6.45, 7) is 1.40. The van der Waals surface area contributed by atoms with Crippen molar-refractivity contribution in [2.45, 2.75) is 50.7 Å². The Kier molecular flexibility index (Phi) is 2.45. The highest BCUT2D eigenvalue weighted by Gasteiger charge is 2.54. The monoisotopic (exact) mass is 221 g/mol. The molecule has 2 atom stereocenters. The molecule has 0 aromatic heterocycles.